The van der Waals surface area contributed by atoms with Gasteiger partial charge in [0.1, 0.15) is 10.8 Å². The molecule has 1 amide bonds. The topological polar surface area (TPSA) is 51.0 Å². The molecule has 112 valence electrons. The summed E-state index contributed by atoms with van der Waals surface area (Å²) in [5.41, 5.74) is 1.28. The molecule has 0 aliphatic rings. The molecule has 2 rings (SSSR count). The van der Waals surface area contributed by atoms with E-state index in [0.717, 1.165) is 12.8 Å². The maximum atomic E-state index is 12.7. The molecule has 0 aliphatic heterocycles. The second-order valence-corrected chi connectivity index (χ2v) is 5.22. The molecule has 0 saturated carbocycles. The van der Waals surface area contributed by atoms with Crippen LogP contribution in [0.2, 0.25) is 5.15 Å². The van der Waals surface area contributed by atoms with Gasteiger partial charge in [0.05, 0.1) is 17.9 Å². The van der Waals surface area contributed by atoms with Crippen LogP contribution in [0.4, 0.5) is 5.69 Å². The minimum atomic E-state index is -0.108. The highest BCUT2D eigenvalue weighted by molar-refractivity contribution is 6.29. The predicted molar refractivity (Wildman–Crippen MR) is 83.8 cm³/mol. The van der Waals surface area contributed by atoms with Gasteiger partial charge in [-0.25, -0.2) is 4.98 Å². The maximum Gasteiger partial charge on any atom is 0.276 e. The lowest BCUT2D eigenvalue weighted by Crippen LogP contribution is -2.29. The zero-order chi connectivity index (χ0) is 15.4. The van der Waals surface area contributed by atoms with E-state index in [1.165, 1.54) is 0 Å². The fourth-order valence-electron chi connectivity index (χ4n) is 2.26. The van der Waals surface area contributed by atoms with Crippen molar-refractivity contribution in [1.29, 1.82) is 0 Å². The largest absolute Gasteiger partial charge is 0.309 e. The van der Waals surface area contributed by atoms with Crippen molar-refractivity contribution in [3.05, 3.63) is 41.4 Å². The molecule has 0 bridgehead atoms. The quantitative estimate of drug-likeness (QED) is 0.794. The molecule has 0 N–H and O–H groups in total. The third kappa shape index (κ3) is 3.24. The van der Waals surface area contributed by atoms with Gasteiger partial charge in [0.15, 0.2) is 0 Å². The summed E-state index contributed by atoms with van der Waals surface area (Å²) in [7, 11) is 1.72. The first-order valence-corrected chi connectivity index (χ1v) is 7.39. The summed E-state index contributed by atoms with van der Waals surface area (Å²) >= 11 is 5.77. The zero-order valence-electron chi connectivity index (χ0n) is 12.5. The van der Waals surface area contributed by atoms with Gasteiger partial charge in [-0.3, -0.25) is 9.48 Å². The molecule has 2 heterocycles. The molecule has 2 aromatic rings. The highest BCUT2D eigenvalue weighted by Gasteiger charge is 2.21. The van der Waals surface area contributed by atoms with Gasteiger partial charge in [-0.15, -0.1) is 0 Å². The fraction of sp³-hybridized carbons (Fsp3) is 0.400. The SMILES string of the molecule is CCC(CC)n1nccc1C(=O)N(C)c1ccc(Cl)nc1. The Labute approximate surface area is 129 Å². The highest BCUT2D eigenvalue weighted by Crippen LogP contribution is 2.20. The first-order chi connectivity index (χ1) is 10.1. The van der Waals surface area contributed by atoms with Crippen molar-refractivity contribution in [1.82, 2.24) is 14.8 Å². The molecule has 0 unspecified atom stereocenters. The van der Waals surface area contributed by atoms with E-state index in [2.05, 4.69) is 23.9 Å². The van der Waals surface area contributed by atoms with Gasteiger partial charge in [-0.05, 0) is 31.0 Å². The van der Waals surface area contributed by atoms with Crippen molar-refractivity contribution in [2.24, 2.45) is 0 Å². The molecule has 0 aliphatic carbocycles. The normalized spacial score (nSPS) is 10.9. The van der Waals surface area contributed by atoms with Crippen LogP contribution in [0, 0.1) is 0 Å². The summed E-state index contributed by atoms with van der Waals surface area (Å²) in [5.74, 6) is -0.108. The summed E-state index contributed by atoms with van der Waals surface area (Å²) < 4.78 is 1.81. The van der Waals surface area contributed by atoms with E-state index in [1.807, 2.05) is 4.68 Å². The van der Waals surface area contributed by atoms with E-state index < -0.39 is 0 Å². The van der Waals surface area contributed by atoms with E-state index in [-0.39, 0.29) is 11.9 Å². The van der Waals surface area contributed by atoms with E-state index in [1.54, 1.807) is 42.5 Å². The van der Waals surface area contributed by atoms with E-state index in [9.17, 15) is 4.79 Å². The van der Waals surface area contributed by atoms with Crippen LogP contribution in [0.25, 0.3) is 0 Å². The molecule has 0 atom stereocenters. The number of carbonyl (C=O) groups is 1. The Balaban J connectivity index is 2.28. The fourth-order valence-corrected chi connectivity index (χ4v) is 2.38. The van der Waals surface area contributed by atoms with E-state index in [0.29, 0.717) is 16.5 Å². The van der Waals surface area contributed by atoms with Gasteiger partial charge < -0.3 is 4.90 Å². The van der Waals surface area contributed by atoms with E-state index >= 15 is 0 Å². The molecule has 0 spiro atoms. The lowest BCUT2D eigenvalue weighted by molar-refractivity contribution is 0.0979. The van der Waals surface area contributed by atoms with Crippen LogP contribution in [0.5, 0.6) is 0 Å². The third-order valence-electron chi connectivity index (χ3n) is 3.58. The monoisotopic (exact) mass is 306 g/mol. The molecule has 0 fully saturated rings. The molecule has 0 aromatic carbocycles. The molecule has 5 nitrogen and oxygen atoms in total. The Bertz CT molecular complexity index is 604. The molecular formula is C15H19ClN4O. The van der Waals surface area contributed by atoms with Gasteiger partial charge in [0.25, 0.3) is 5.91 Å². The molecule has 21 heavy (non-hydrogen) atoms. The Morgan fingerprint density at radius 3 is 2.62 bits per heavy atom. The van der Waals surface area contributed by atoms with Crippen molar-refractivity contribution in [3.8, 4) is 0 Å². The minimum absolute atomic E-state index is 0.108. The summed E-state index contributed by atoms with van der Waals surface area (Å²) in [4.78, 5) is 18.2. The molecule has 2 aromatic heterocycles. The van der Waals surface area contributed by atoms with Crippen LogP contribution in [-0.4, -0.2) is 27.7 Å². The average molecular weight is 307 g/mol. The Kier molecular flexibility index (Phi) is 4.96. The third-order valence-corrected chi connectivity index (χ3v) is 3.81. The van der Waals surface area contributed by atoms with Gasteiger partial charge >= 0.3 is 0 Å². The number of pyridine rings is 1. The molecule has 6 heteroatoms. The van der Waals surface area contributed by atoms with Gasteiger partial charge in [-0.2, -0.15) is 5.10 Å². The second kappa shape index (κ2) is 6.72. The van der Waals surface area contributed by atoms with Crippen LogP contribution >= 0.6 is 11.6 Å². The van der Waals surface area contributed by atoms with Crippen LogP contribution in [-0.2, 0) is 0 Å². The number of halogens is 1. The van der Waals surface area contributed by atoms with Gasteiger partial charge in [0.2, 0.25) is 0 Å². The number of rotatable bonds is 5. The molecule has 0 saturated heterocycles. The van der Waals surface area contributed by atoms with Crippen LogP contribution < -0.4 is 4.90 Å². The molecular weight excluding hydrogens is 288 g/mol. The van der Waals surface area contributed by atoms with Crippen molar-refractivity contribution in [2.45, 2.75) is 32.7 Å². The number of nitrogens with zero attached hydrogens (tertiary/aromatic N) is 4. The van der Waals surface area contributed by atoms with Crippen molar-refractivity contribution in [3.63, 3.8) is 0 Å². The number of hydrogen-bond donors (Lipinski definition) is 0. The minimum Gasteiger partial charge on any atom is -0.309 e. The number of anilines is 1. The highest BCUT2D eigenvalue weighted by atomic mass is 35.5. The van der Waals surface area contributed by atoms with Gasteiger partial charge in [-0.1, -0.05) is 25.4 Å². The summed E-state index contributed by atoms with van der Waals surface area (Å²) in [6.45, 7) is 4.19. The zero-order valence-corrected chi connectivity index (χ0v) is 13.2. The van der Waals surface area contributed by atoms with Crippen LogP contribution in [0.3, 0.4) is 0 Å². The Hall–Kier alpha value is -1.88. The Morgan fingerprint density at radius 2 is 2.05 bits per heavy atom. The average Bonchev–Trinajstić information content (AvgIpc) is 2.97. The second-order valence-electron chi connectivity index (χ2n) is 4.83. The van der Waals surface area contributed by atoms with Crippen molar-refractivity contribution < 1.29 is 4.79 Å². The Morgan fingerprint density at radius 1 is 1.33 bits per heavy atom. The summed E-state index contributed by atoms with van der Waals surface area (Å²) in [6.07, 6.45) is 5.12. The smallest absolute Gasteiger partial charge is 0.276 e. The predicted octanol–water partition coefficient (Wildman–Crippen LogP) is 3.57. The number of carbonyl (C=O) groups excluding carboxylic acids is 1. The number of hydrogen-bond acceptors (Lipinski definition) is 3. The lowest BCUT2D eigenvalue weighted by atomic mass is 10.1. The maximum absolute atomic E-state index is 12.7. The summed E-state index contributed by atoms with van der Waals surface area (Å²) in [5, 5.41) is 4.71. The van der Waals surface area contributed by atoms with Crippen molar-refractivity contribution >= 4 is 23.2 Å². The van der Waals surface area contributed by atoms with Crippen LogP contribution in [0.1, 0.15) is 43.2 Å². The number of amides is 1. The first-order valence-electron chi connectivity index (χ1n) is 7.01. The van der Waals surface area contributed by atoms with Crippen LogP contribution in [0.15, 0.2) is 30.6 Å². The van der Waals surface area contributed by atoms with E-state index in [4.69, 9.17) is 11.6 Å². The number of aromatic nitrogens is 3. The van der Waals surface area contributed by atoms with Crippen molar-refractivity contribution in [2.75, 3.05) is 11.9 Å². The van der Waals surface area contributed by atoms with Gasteiger partial charge in [0, 0.05) is 13.2 Å². The summed E-state index contributed by atoms with van der Waals surface area (Å²) in [6, 6.07) is 5.42. The first kappa shape index (κ1) is 15.5. The standard InChI is InChI=1S/C15H19ClN4O/c1-4-11(5-2)20-13(8-9-18-20)15(21)19(3)12-6-7-14(16)17-10-12/h6-11H,4-5H2,1-3H3. The molecule has 0 radical (unpaired) electrons. The lowest BCUT2D eigenvalue weighted by Gasteiger charge is -2.20.